The minimum atomic E-state index is -0.996. The summed E-state index contributed by atoms with van der Waals surface area (Å²) in [5, 5.41) is 9.25. The number of carbonyl (C=O) groups is 1. The second kappa shape index (κ2) is 6.19. The topological polar surface area (TPSA) is 46.5 Å². The highest BCUT2D eigenvalue weighted by atomic mass is 19.1. The van der Waals surface area contributed by atoms with Gasteiger partial charge in [0.1, 0.15) is 12.5 Å². The van der Waals surface area contributed by atoms with Crippen LogP contribution in [0.15, 0.2) is 48.5 Å². The number of rotatable bonds is 5. The molecule has 0 aliphatic heterocycles. The molecular formula is C16H15FO3. The summed E-state index contributed by atoms with van der Waals surface area (Å²) in [5.74, 6) is -2.20. The van der Waals surface area contributed by atoms with Crippen LogP contribution in [0.1, 0.15) is 17.0 Å². The third kappa shape index (κ3) is 3.15. The van der Waals surface area contributed by atoms with E-state index in [4.69, 9.17) is 4.74 Å². The molecule has 0 aliphatic carbocycles. The van der Waals surface area contributed by atoms with Crippen LogP contribution in [0.25, 0.3) is 0 Å². The predicted molar refractivity (Wildman–Crippen MR) is 73.5 cm³/mol. The lowest BCUT2D eigenvalue weighted by atomic mass is 10.0. The minimum absolute atomic E-state index is 0.0761. The Kier molecular flexibility index (Phi) is 4.35. The molecule has 0 fully saturated rings. The maximum atomic E-state index is 13.8. The van der Waals surface area contributed by atoms with E-state index in [0.29, 0.717) is 11.1 Å². The Morgan fingerprint density at radius 2 is 1.90 bits per heavy atom. The van der Waals surface area contributed by atoms with Gasteiger partial charge in [-0.3, -0.25) is 4.79 Å². The van der Waals surface area contributed by atoms with Crippen molar-refractivity contribution in [3.8, 4) is 5.75 Å². The van der Waals surface area contributed by atoms with Crippen molar-refractivity contribution in [2.45, 2.75) is 12.8 Å². The highest BCUT2D eigenvalue weighted by Gasteiger charge is 2.21. The molecule has 104 valence electrons. The van der Waals surface area contributed by atoms with E-state index < -0.39 is 17.7 Å². The Labute approximate surface area is 116 Å². The number of carboxylic acids is 1. The van der Waals surface area contributed by atoms with Crippen molar-refractivity contribution in [2.75, 3.05) is 6.61 Å². The maximum absolute atomic E-state index is 13.8. The van der Waals surface area contributed by atoms with E-state index in [0.717, 1.165) is 0 Å². The lowest BCUT2D eigenvalue weighted by Crippen LogP contribution is -2.19. The number of hydrogen-bond donors (Lipinski definition) is 1. The van der Waals surface area contributed by atoms with Crippen LogP contribution in [-0.2, 0) is 4.79 Å². The van der Waals surface area contributed by atoms with E-state index >= 15 is 0 Å². The lowest BCUT2D eigenvalue weighted by molar-refractivity contribution is -0.139. The fourth-order valence-corrected chi connectivity index (χ4v) is 1.90. The van der Waals surface area contributed by atoms with Crippen LogP contribution in [0.4, 0.5) is 4.39 Å². The molecule has 4 heteroatoms. The van der Waals surface area contributed by atoms with Crippen LogP contribution >= 0.6 is 0 Å². The number of halogens is 1. The van der Waals surface area contributed by atoms with Crippen LogP contribution in [-0.4, -0.2) is 17.7 Å². The van der Waals surface area contributed by atoms with Gasteiger partial charge in [0, 0.05) is 0 Å². The third-order valence-electron chi connectivity index (χ3n) is 3.06. The van der Waals surface area contributed by atoms with Gasteiger partial charge >= 0.3 is 5.97 Å². The highest BCUT2D eigenvalue weighted by molar-refractivity contribution is 5.76. The largest absolute Gasteiger partial charge is 0.489 e. The fraction of sp³-hybridized carbons (Fsp3) is 0.188. The molecule has 1 atom stereocenters. The van der Waals surface area contributed by atoms with Gasteiger partial charge in [0.15, 0.2) is 11.6 Å². The van der Waals surface area contributed by atoms with E-state index in [9.17, 15) is 14.3 Å². The molecule has 0 aliphatic rings. The number of benzene rings is 2. The standard InChI is InChI=1S/C16H15FO3/c1-11-6-5-9-14(15(11)17)20-10-13(16(18)19)12-7-3-2-4-8-12/h2-9,13H,10H2,1H3,(H,18,19). The van der Waals surface area contributed by atoms with Crippen molar-refractivity contribution in [1.82, 2.24) is 0 Å². The van der Waals surface area contributed by atoms with Crippen molar-refractivity contribution in [2.24, 2.45) is 0 Å². The summed E-state index contributed by atoms with van der Waals surface area (Å²) in [5.41, 5.74) is 1.10. The van der Waals surface area contributed by atoms with Gasteiger partial charge < -0.3 is 9.84 Å². The first kappa shape index (κ1) is 14.1. The number of hydrogen-bond acceptors (Lipinski definition) is 2. The molecule has 0 heterocycles. The average molecular weight is 274 g/mol. The van der Waals surface area contributed by atoms with Gasteiger partial charge in [-0.05, 0) is 24.1 Å². The lowest BCUT2D eigenvalue weighted by Gasteiger charge is -2.15. The summed E-state index contributed by atoms with van der Waals surface area (Å²) in [6, 6.07) is 13.6. The molecule has 0 bridgehead atoms. The summed E-state index contributed by atoms with van der Waals surface area (Å²) >= 11 is 0. The molecule has 2 rings (SSSR count). The Balaban J connectivity index is 2.14. The number of aryl methyl sites for hydroxylation is 1. The summed E-state index contributed by atoms with van der Waals surface area (Å²) in [6.07, 6.45) is 0. The van der Waals surface area contributed by atoms with E-state index in [1.807, 2.05) is 6.07 Å². The zero-order valence-electron chi connectivity index (χ0n) is 11.0. The number of aliphatic carboxylic acids is 1. The van der Waals surface area contributed by atoms with Gasteiger partial charge in [-0.25, -0.2) is 4.39 Å². The molecule has 0 aromatic heterocycles. The first-order chi connectivity index (χ1) is 9.59. The molecule has 20 heavy (non-hydrogen) atoms. The molecule has 0 saturated heterocycles. The molecule has 1 N–H and O–H groups in total. The summed E-state index contributed by atoms with van der Waals surface area (Å²) in [6.45, 7) is 1.52. The van der Waals surface area contributed by atoms with E-state index in [-0.39, 0.29) is 12.4 Å². The van der Waals surface area contributed by atoms with Gasteiger partial charge in [-0.2, -0.15) is 0 Å². The van der Waals surface area contributed by atoms with Crippen LogP contribution in [0, 0.1) is 12.7 Å². The normalized spacial score (nSPS) is 11.9. The van der Waals surface area contributed by atoms with E-state index in [2.05, 4.69) is 0 Å². The van der Waals surface area contributed by atoms with E-state index in [1.165, 1.54) is 6.07 Å². The molecule has 0 saturated carbocycles. The van der Waals surface area contributed by atoms with Crippen molar-refractivity contribution >= 4 is 5.97 Å². The third-order valence-corrected chi connectivity index (χ3v) is 3.06. The molecular weight excluding hydrogens is 259 g/mol. The van der Waals surface area contributed by atoms with Gasteiger partial charge in [-0.15, -0.1) is 0 Å². The highest BCUT2D eigenvalue weighted by Crippen LogP contribution is 2.23. The van der Waals surface area contributed by atoms with Crippen molar-refractivity contribution in [3.63, 3.8) is 0 Å². The first-order valence-corrected chi connectivity index (χ1v) is 6.25. The second-order valence-electron chi connectivity index (χ2n) is 4.50. The smallest absolute Gasteiger partial charge is 0.314 e. The van der Waals surface area contributed by atoms with Crippen LogP contribution in [0.2, 0.25) is 0 Å². The van der Waals surface area contributed by atoms with Crippen molar-refractivity contribution in [1.29, 1.82) is 0 Å². The van der Waals surface area contributed by atoms with Crippen molar-refractivity contribution < 1.29 is 19.0 Å². The zero-order chi connectivity index (χ0) is 14.5. The summed E-state index contributed by atoms with van der Waals surface area (Å²) < 4.78 is 19.1. The van der Waals surface area contributed by atoms with Crippen LogP contribution in [0.5, 0.6) is 5.75 Å². The molecule has 1 unspecified atom stereocenters. The van der Waals surface area contributed by atoms with Gasteiger partial charge in [0.25, 0.3) is 0 Å². The Hall–Kier alpha value is -2.36. The molecule has 0 spiro atoms. The Bertz CT molecular complexity index is 596. The predicted octanol–water partition coefficient (Wildman–Crippen LogP) is 3.38. The summed E-state index contributed by atoms with van der Waals surface area (Å²) in [7, 11) is 0. The number of ether oxygens (including phenoxy) is 1. The van der Waals surface area contributed by atoms with E-state index in [1.54, 1.807) is 43.3 Å². The minimum Gasteiger partial charge on any atom is -0.489 e. The van der Waals surface area contributed by atoms with Gasteiger partial charge in [0.05, 0.1) is 0 Å². The average Bonchev–Trinajstić information content (AvgIpc) is 2.44. The zero-order valence-corrected chi connectivity index (χ0v) is 11.0. The Morgan fingerprint density at radius 3 is 2.55 bits per heavy atom. The Morgan fingerprint density at radius 1 is 1.20 bits per heavy atom. The van der Waals surface area contributed by atoms with Gasteiger partial charge in [0.2, 0.25) is 0 Å². The molecule has 0 radical (unpaired) electrons. The quantitative estimate of drug-likeness (QED) is 0.909. The fourth-order valence-electron chi connectivity index (χ4n) is 1.90. The first-order valence-electron chi connectivity index (χ1n) is 6.25. The SMILES string of the molecule is Cc1cccc(OCC(C(=O)O)c2ccccc2)c1F. The number of carboxylic acid groups (broad SMARTS) is 1. The van der Waals surface area contributed by atoms with Gasteiger partial charge in [-0.1, -0.05) is 42.5 Å². The van der Waals surface area contributed by atoms with Crippen molar-refractivity contribution in [3.05, 3.63) is 65.5 Å². The maximum Gasteiger partial charge on any atom is 0.314 e. The second-order valence-corrected chi connectivity index (χ2v) is 4.50. The molecule has 0 amide bonds. The molecule has 3 nitrogen and oxygen atoms in total. The summed E-state index contributed by atoms with van der Waals surface area (Å²) in [4.78, 5) is 11.3. The molecule has 2 aromatic rings. The molecule has 2 aromatic carbocycles. The van der Waals surface area contributed by atoms with Crippen LogP contribution < -0.4 is 4.74 Å². The monoisotopic (exact) mass is 274 g/mol. The van der Waals surface area contributed by atoms with Crippen LogP contribution in [0.3, 0.4) is 0 Å².